The van der Waals surface area contributed by atoms with Crippen molar-refractivity contribution >= 4 is 16.0 Å². The van der Waals surface area contributed by atoms with Gasteiger partial charge in [-0.3, -0.25) is 4.79 Å². The topological polar surface area (TPSA) is 72.5 Å². The number of hydrogen-bond acceptors (Lipinski definition) is 4. The molecule has 0 aromatic carbocycles. The maximum Gasteiger partial charge on any atom is 0.511 e. The number of sulfonamides is 1. The Bertz CT molecular complexity index is 349. The first kappa shape index (κ1) is 15.2. The molecule has 0 radical (unpaired) electrons. The van der Waals surface area contributed by atoms with E-state index in [4.69, 9.17) is 0 Å². The summed E-state index contributed by atoms with van der Waals surface area (Å²) < 4.78 is 63.0. The van der Waals surface area contributed by atoms with Gasteiger partial charge in [-0.2, -0.15) is 17.9 Å². The van der Waals surface area contributed by atoms with Gasteiger partial charge in [0, 0.05) is 0 Å². The van der Waals surface area contributed by atoms with Gasteiger partial charge in [0.2, 0.25) is 0 Å². The molecular formula is C7H12F3NO4S. The summed E-state index contributed by atoms with van der Waals surface area (Å²) in [4.78, 5) is 11.0. The highest BCUT2D eigenvalue weighted by Crippen LogP contribution is 2.23. The van der Waals surface area contributed by atoms with Crippen LogP contribution in [-0.2, 0) is 19.6 Å². The lowest BCUT2D eigenvalue weighted by molar-refractivity contribution is -0.143. The molecule has 9 heteroatoms. The number of alkyl halides is 3. The molecule has 96 valence electrons. The largest absolute Gasteiger partial charge is 0.511 e. The fourth-order valence-corrected chi connectivity index (χ4v) is 1.65. The number of esters is 1. The van der Waals surface area contributed by atoms with E-state index in [-0.39, 0.29) is 0 Å². The average molecular weight is 263 g/mol. The van der Waals surface area contributed by atoms with E-state index in [2.05, 4.69) is 4.74 Å². The molecule has 1 atom stereocenters. The van der Waals surface area contributed by atoms with Gasteiger partial charge in [0.1, 0.15) is 6.04 Å². The Morgan fingerprint density at radius 2 is 1.75 bits per heavy atom. The quantitative estimate of drug-likeness (QED) is 0.755. The van der Waals surface area contributed by atoms with Gasteiger partial charge in [0.05, 0.1) is 7.11 Å². The highest BCUT2D eigenvalue weighted by atomic mass is 32.2. The lowest BCUT2D eigenvalue weighted by Crippen LogP contribution is -2.49. The van der Waals surface area contributed by atoms with E-state index in [0.29, 0.717) is 0 Å². The van der Waals surface area contributed by atoms with Crippen molar-refractivity contribution in [3.8, 4) is 0 Å². The molecule has 0 aliphatic rings. The normalized spacial score (nSPS) is 14.9. The summed E-state index contributed by atoms with van der Waals surface area (Å²) in [6, 6.07) is -1.56. The molecule has 0 saturated heterocycles. The van der Waals surface area contributed by atoms with Crippen LogP contribution in [0.2, 0.25) is 0 Å². The molecule has 0 bridgehead atoms. The standard InChI is InChI=1S/C7H12F3NO4S/c1-4(2)5(6(12)15-3)11-16(13,14)7(8,9)10/h4-5,11H,1-3H3. The Morgan fingerprint density at radius 1 is 1.31 bits per heavy atom. The van der Waals surface area contributed by atoms with Crippen LogP contribution < -0.4 is 4.72 Å². The lowest BCUT2D eigenvalue weighted by atomic mass is 10.1. The number of halogens is 3. The molecule has 0 aromatic rings. The van der Waals surface area contributed by atoms with Gasteiger partial charge in [0.25, 0.3) is 0 Å². The van der Waals surface area contributed by atoms with E-state index >= 15 is 0 Å². The van der Waals surface area contributed by atoms with Gasteiger partial charge in [0.15, 0.2) is 0 Å². The monoisotopic (exact) mass is 263 g/mol. The first-order valence-corrected chi connectivity index (χ1v) is 5.67. The molecule has 1 unspecified atom stereocenters. The van der Waals surface area contributed by atoms with Crippen molar-refractivity contribution < 1.29 is 31.1 Å². The van der Waals surface area contributed by atoms with Crippen molar-refractivity contribution in [1.82, 2.24) is 4.72 Å². The Morgan fingerprint density at radius 3 is 2.00 bits per heavy atom. The van der Waals surface area contributed by atoms with Gasteiger partial charge < -0.3 is 4.74 Å². The fourth-order valence-electron chi connectivity index (χ4n) is 0.817. The summed E-state index contributed by atoms with van der Waals surface area (Å²) in [7, 11) is -4.59. The first-order chi connectivity index (χ1) is 7.03. The second-order valence-corrected chi connectivity index (χ2v) is 5.02. The molecule has 0 amide bonds. The molecule has 16 heavy (non-hydrogen) atoms. The van der Waals surface area contributed by atoms with Gasteiger partial charge in [-0.15, -0.1) is 0 Å². The minimum Gasteiger partial charge on any atom is -0.468 e. The molecule has 0 aliphatic carbocycles. The third-order valence-electron chi connectivity index (χ3n) is 1.71. The van der Waals surface area contributed by atoms with Crippen molar-refractivity contribution in [3.63, 3.8) is 0 Å². The zero-order valence-electron chi connectivity index (χ0n) is 8.83. The zero-order chi connectivity index (χ0) is 13.1. The van der Waals surface area contributed by atoms with Crippen LogP contribution in [0, 0.1) is 5.92 Å². The lowest BCUT2D eigenvalue weighted by Gasteiger charge is -2.20. The average Bonchev–Trinajstić information content (AvgIpc) is 2.10. The minimum absolute atomic E-state index is 0.662. The molecule has 0 aromatic heterocycles. The molecule has 0 fully saturated rings. The summed E-state index contributed by atoms with van der Waals surface area (Å²) in [5.41, 5.74) is -5.45. The minimum atomic E-state index is -5.55. The third-order valence-corrected chi connectivity index (χ3v) is 2.88. The number of carbonyl (C=O) groups is 1. The van der Waals surface area contributed by atoms with Crippen molar-refractivity contribution in [2.45, 2.75) is 25.4 Å². The number of nitrogens with one attached hydrogen (secondary N) is 1. The van der Waals surface area contributed by atoms with Crippen LogP contribution >= 0.6 is 0 Å². The Labute approximate surface area is 91.0 Å². The van der Waals surface area contributed by atoms with Crippen LogP contribution in [0.15, 0.2) is 0 Å². The maximum absolute atomic E-state index is 12.0. The molecule has 0 saturated carbocycles. The van der Waals surface area contributed by atoms with Gasteiger partial charge in [-0.05, 0) is 5.92 Å². The van der Waals surface area contributed by atoms with Crippen LogP contribution in [0.4, 0.5) is 13.2 Å². The molecule has 5 nitrogen and oxygen atoms in total. The first-order valence-electron chi connectivity index (χ1n) is 4.19. The van der Waals surface area contributed by atoms with Crippen LogP contribution in [0.1, 0.15) is 13.8 Å². The smallest absolute Gasteiger partial charge is 0.468 e. The molecule has 0 spiro atoms. The summed E-state index contributed by atoms with van der Waals surface area (Å²) in [6.45, 7) is 2.78. The Balaban J connectivity index is 4.99. The molecule has 0 heterocycles. The van der Waals surface area contributed by atoms with E-state index in [1.807, 2.05) is 0 Å². The predicted octanol–water partition coefficient (Wildman–Crippen LogP) is 0.623. The number of rotatable bonds is 4. The van der Waals surface area contributed by atoms with Gasteiger partial charge in [-0.25, -0.2) is 8.42 Å². The number of hydrogen-bond donors (Lipinski definition) is 1. The second-order valence-electron chi connectivity index (χ2n) is 3.31. The second kappa shape index (κ2) is 5.00. The zero-order valence-corrected chi connectivity index (χ0v) is 9.65. The summed E-state index contributed by atoms with van der Waals surface area (Å²) in [5, 5.41) is 0. The maximum atomic E-state index is 12.0. The predicted molar refractivity (Wildman–Crippen MR) is 48.8 cm³/mol. The third kappa shape index (κ3) is 3.63. The van der Waals surface area contributed by atoms with Crippen LogP contribution in [-0.4, -0.2) is 33.0 Å². The van der Waals surface area contributed by atoms with Gasteiger partial charge in [-0.1, -0.05) is 13.8 Å². The van der Waals surface area contributed by atoms with Crippen molar-refractivity contribution in [2.75, 3.05) is 7.11 Å². The van der Waals surface area contributed by atoms with Crippen molar-refractivity contribution in [2.24, 2.45) is 5.92 Å². The highest BCUT2D eigenvalue weighted by molar-refractivity contribution is 7.90. The molecule has 1 N–H and O–H groups in total. The number of methoxy groups -OCH3 is 1. The molecule has 0 aliphatic heterocycles. The van der Waals surface area contributed by atoms with E-state index in [1.54, 1.807) is 0 Å². The van der Waals surface area contributed by atoms with Crippen LogP contribution in [0.5, 0.6) is 0 Å². The fraction of sp³-hybridized carbons (Fsp3) is 0.857. The summed E-state index contributed by atoms with van der Waals surface area (Å²) in [6.07, 6.45) is 0. The van der Waals surface area contributed by atoms with Crippen LogP contribution in [0.25, 0.3) is 0 Å². The molecular weight excluding hydrogens is 251 g/mol. The van der Waals surface area contributed by atoms with E-state index in [9.17, 15) is 26.4 Å². The molecule has 0 rings (SSSR count). The Hall–Kier alpha value is -0.830. The van der Waals surface area contributed by atoms with Gasteiger partial charge >= 0.3 is 21.5 Å². The Kier molecular flexibility index (Phi) is 4.74. The SMILES string of the molecule is COC(=O)C(NS(=O)(=O)C(F)(F)F)C(C)C. The van der Waals surface area contributed by atoms with E-state index in [0.717, 1.165) is 7.11 Å². The van der Waals surface area contributed by atoms with E-state index in [1.165, 1.54) is 18.6 Å². The number of carbonyl (C=O) groups excluding carboxylic acids is 1. The highest BCUT2D eigenvalue weighted by Gasteiger charge is 2.48. The van der Waals surface area contributed by atoms with E-state index < -0.39 is 33.5 Å². The van der Waals surface area contributed by atoms with Crippen molar-refractivity contribution in [3.05, 3.63) is 0 Å². The van der Waals surface area contributed by atoms with Crippen LogP contribution in [0.3, 0.4) is 0 Å². The number of ether oxygens (including phenoxy) is 1. The summed E-state index contributed by atoms with van der Waals surface area (Å²) in [5.74, 6) is -1.73. The summed E-state index contributed by atoms with van der Waals surface area (Å²) >= 11 is 0. The van der Waals surface area contributed by atoms with Crippen molar-refractivity contribution in [1.29, 1.82) is 0 Å².